The van der Waals surface area contributed by atoms with E-state index in [-0.39, 0.29) is 35.2 Å². The van der Waals surface area contributed by atoms with Gasteiger partial charge in [0.15, 0.2) is 0 Å². The van der Waals surface area contributed by atoms with Crippen LogP contribution in [0.15, 0.2) is 24.3 Å². The molecular formula is C15H19N3O4S. The van der Waals surface area contributed by atoms with Crippen LogP contribution in [0.2, 0.25) is 0 Å². The van der Waals surface area contributed by atoms with Crippen molar-refractivity contribution in [3.8, 4) is 0 Å². The van der Waals surface area contributed by atoms with Crippen LogP contribution in [0.3, 0.4) is 0 Å². The fraction of sp³-hybridized carbons (Fsp3) is 0.467. The van der Waals surface area contributed by atoms with Crippen molar-refractivity contribution in [2.75, 3.05) is 18.8 Å². The summed E-state index contributed by atoms with van der Waals surface area (Å²) in [7, 11) is 0. The van der Waals surface area contributed by atoms with E-state index in [1.165, 1.54) is 28.8 Å². The van der Waals surface area contributed by atoms with Crippen LogP contribution in [-0.4, -0.2) is 40.5 Å². The Morgan fingerprint density at radius 3 is 2.91 bits per heavy atom. The summed E-state index contributed by atoms with van der Waals surface area (Å²) in [4.78, 5) is 35.9. The lowest BCUT2D eigenvalue weighted by molar-refractivity contribution is -0.384. The molecule has 1 aromatic carbocycles. The quantitative estimate of drug-likeness (QED) is 0.632. The van der Waals surface area contributed by atoms with Gasteiger partial charge in [-0.2, -0.15) is 0 Å². The predicted octanol–water partition coefficient (Wildman–Crippen LogP) is 1.94. The average Bonchev–Trinajstić information content (AvgIpc) is 2.86. The van der Waals surface area contributed by atoms with Crippen molar-refractivity contribution < 1.29 is 14.5 Å². The van der Waals surface area contributed by atoms with Crippen molar-refractivity contribution in [2.24, 2.45) is 5.92 Å². The minimum atomic E-state index is -0.468. The Morgan fingerprint density at radius 1 is 1.52 bits per heavy atom. The van der Waals surface area contributed by atoms with Crippen LogP contribution in [0, 0.1) is 16.0 Å². The Kier molecular flexibility index (Phi) is 5.59. The molecule has 2 amide bonds. The van der Waals surface area contributed by atoms with Gasteiger partial charge in [-0.25, -0.2) is 0 Å². The number of nitro benzene ring substituents is 1. The van der Waals surface area contributed by atoms with Crippen molar-refractivity contribution in [3.05, 3.63) is 39.9 Å². The molecule has 23 heavy (non-hydrogen) atoms. The molecule has 0 saturated carbocycles. The number of nitrogens with zero attached hydrogens (tertiary/aromatic N) is 2. The van der Waals surface area contributed by atoms with Gasteiger partial charge < -0.3 is 10.2 Å². The Labute approximate surface area is 138 Å². The number of thioether (sulfide) groups is 1. The molecule has 1 saturated heterocycles. The van der Waals surface area contributed by atoms with Gasteiger partial charge in [0.05, 0.1) is 10.7 Å². The molecule has 1 N–H and O–H groups in total. The van der Waals surface area contributed by atoms with E-state index in [9.17, 15) is 19.7 Å². The number of hydrogen-bond acceptors (Lipinski definition) is 5. The van der Waals surface area contributed by atoms with Crippen LogP contribution in [0.5, 0.6) is 0 Å². The van der Waals surface area contributed by atoms with Crippen molar-refractivity contribution in [3.63, 3.8) is 0 Å². The van der Waals surface area contributed by atoms with Gasteiger partial charge in [0.25, 0.3) is 5.69 Å². The summed E-state index contributed by atoms with van der Waals surface area (Å²) in [6.45, 7) is 4.49. The molecule has 1 aliphatic heterocycles. The number of amides is 2. The van der Waals surface area contributed by atoms with Gasteiger partial charge in [0, 0.05) is 18.7 Å². The molecule has 0 radical (unpaired) electrons. The van der Waals surface area contributed by atoms with Gasteiger partial charge in [-0.1, -0.05) is 26.0 Å². The lowest BCUT2D eigenvalue weighted by atomic mass is 10.2. The van der Waals surface area contributed by atoms with Gasteiger partial charge in [-0.05, 0) is 11.5 Å². The predicted molar refractivity (Wildman–Crippen MR) is 87.9 cm³/mol. The molecular weight excluding hydrogens is 318 g/mol. The normalized spacial score (nSPS) is 17.6. The first kappa shape index (κ1) is 17.3. The molecule has 1 atom stereocenters. The van der Waals surface area contributed by atoms with Crippen molar-refractivity contribution in [1.82, 2.24) is 10.2 Å². The van der Waals surface area contributed by atoms with E-state index >= 15 is 0 Å². The molecule has 1 aromatic rings. The van der Waals surface area contributed by atoms with Crippen LogP contribution >= 0.6 is 11.8 Å². The lowest BCUT2D eigenvalue weighted by Crippen LogP contribution is -2.40. The smallest absolute Gasteiger partial charge is 0.269 e. The maximum absolute atomic E-state index is 12.0. The van der Waals surface area contributed by atoms with Crippen LogP contribution in [0.4, 0.5) is 5.69 Å². The fourth-order valence-electron chi connectivity index (χ4n) is 2.22. The molecule has 0 aromatic heterocycles. The maximum Gasteiger partial charge on any atom is 0.269 e. The van der Waals surface area contributed by atoms with E-state index in [4.69, 9.17) is 0 Å². The van der Waals surface area contributed by atoms with Gasteiger partial charge in [-0.15, -0.1) is 11.8 Å². The van der Waals surface area contributed by atoms with Crippen molar-refractivity contribution in [2.45, 2.75) is 19.2 Å². The third kappa shape index (κ3) is 4.44. The third-order valence-corrected chi connectivity index (χ3v) is 4.61. The summed E-state index contributed by atoms with van der Waals surface area (Å²) in [5, 5.41) is 13.3. The highest BCUT2D eigenvalue weighted by Gasteiger charge is 2.34. The second-order valence-electron chi connectivity index (χ2n) is 5.74. The first-order chi connectivity index (χ1) is 10.9. The topological polar surface area (TPSA) is 92.6 Å². The van der Waals surface area contributed by atoms with E-state index < -0.39 is 4.92 Å². The number of hydrogen-bond donors (Lipinski definition) is 1. The van der Waals surface area contributed by atoms with E-state index in [1.807, 2.05) is 13.8 Å². The number of rotatable bonds is 6. The fourth-order valence-corrected chi connectivity index (χ4v) is 3.40. The zero-order valence-electron chi connectivity index (χ0n) is 13.0. The molecule has 0 aliphatic carbocycles. The molecule has 0 bridgehead atoms. The van der Waals surface area contributed by atoms with E-state index in [1.54, 1.807) is 12.1 Å². The highest BCUT2D eigenvalue weighted by Crippen LogP contribution is 2.39. The summed E-state index contributed by atoms with van der Waals surface area (Å²) >= 11 is 1.37. The zero-order valence-corrected chi connectivity index (χ0v) is 13.8. The first-order valence-electron chi connectivity index (χ1n) is 7.30. The highest BCUT2D eigenvalue weighted by atomic mass is 32.2. The Hall–Kier alpha value is -2.09. The molecule has 1 aliphatic rings. The largest absolute Gasteiger partial charge is 0.354 e. The molecule has 1 heterocycles. The van der Waals surface area contributed by atoms with Gasteiger partial charge in [0.2, 0.25) is 11.8 Å². The second-order valence-corrected chi connectivity index (χ2v) is 6.80. The summed E-state index contributed by atoms with van der Waals surface area (Å²) in [5.74, 6) is 0.247. The Morgan fingerprint density at radius 2 is 2.26 bits per heavy atom. The number of nitrogens with one attached hydrogen (secondary N) is 1. The molecule has 2 rings (SSSR count). The molecule has 7 nitrogen and oxygen atoms in total. The monoisotopic (exact) mass is 337 g/mol. The summed E-state index contributed by atoms with van der Waals surface area (Å²) in [6, 6.07) is 6.19. The first-order valence-corrected chi connectivity index (χ1v) is 8.35. The molecule has 0 spiro atoms. The van der Waals surface area contributed by atoms with E-state index in [2.05, 4.69) is 5.32 Å². The van der Waals surface area contributed by atoms with Crippen molar-refractivity contribution in [1.29, 1.82) is 0 Å². The minimum Gasteiger partial charge on any atom is -0.354 e. The summed E-state index contributed by atoms with van der Waals surface area (Å²) < 4.78 is 0. The van der Waals surface area contributed by atoms with E-state index in [0.29, 0.717) is 18.0 Å². The van der Waals surface area contributed by atoms with Crippen LogP contribution < -0.4 is 5.32 Å². The van der Waals surface area contributed by atoms with Gasteiger partial charge >= 0.3 is 0 Å². The number of carbonyl (C=O) groups is 2. The summed E-state index contributed by atoms with van der Waals surface area (Å²) in [5.41, 5.74) is 0.637. The number of carbonyl (C=O) groups excluding carboxylic acids is 2. The van der Waals surface area contributed by atoms with Crippen LogP contribution in [-0.2, 0) is 9.59 Å². The molecule has 124 valence electrons. The Balaban J connectivity index is 2.11. The number of benzene rings is 1. The number of nitro groups is 1. The molecule has 8 heteroatoms. The second kappa shape index (κ2) is 7.45. The third-order valence-electron chi connectivity index (χ3n) is 3.36. The van der Waals surface area contributed by atoms with Gasteiger partial charge in [0.1, 0.15) is 11.9 Å². The van der Waals surface area contributed by atoms with Crippen LogP contribution in [0.1, 0.15) is 24.8 Å². The SMILES string of the molecule is CC(C)CNC(=O)CN1C(=O)CSC1c1cccc([N+](=O)[O-])c1. The maximum atomic E-state index is 12.0. The van der Waals surface area contributed by atoms with E-state index in [0.717, 1.165) is 0 Å². The molecule has 1 fully saturated rings. The minimum absolute atomic E-state index is 0.0216. The standard InChI is InChI=1S/C15H19N3O4S/c1-10(2)7-16-13(19)8-17-14(20)9-23-15(17)11-4-3-5-12(6-11)18(21)22/h3-6,10,15H,7-9H2,1-2H3,(H,16,19). The summed E-state index contributed by atoms with van der Waals surface area (Å²) in [6.07, 6.45) is 0. The van der Waals surface area contributed by atoms with Gasteiger partial charge in [-0.3, -0.25) is 19.7 Å². The lowest BCUT2D eigenvalue weighted by Gasteiger charge is -2.23. The number of non-ortho nitro benzene ring substituents is 1. The van der Waals surface area contributed by atoms with Crippen LogP contribution in [0.25, 0.3) is 0 Å². The Bertz CT molecular complexity index is 620. The average molecular weight is 337 g/mol. The zero-order chi connectivity index (χ0) is 17.0. The highest BCUT2D eigenvalue weighted by molar-refractivity contribution is 8.00. The molecule has 1 unspecified atom stereocenters. The van der Waals surface area contributed by atoms with Crippen molar-refractivity contribution >= 4 is 29.3 Å².